The highest BCUT2D eigenvalue weighted by atomic mass is 16.6. The van der Waals surface area contributed by atoms with Crippen molar-refractivity contribution in [3.05, 3.63) is 71.3 Å². The van der Waals surface area contributed by atoms with Crippen LogP contribution in [0.1, 0.15) is 80.8 Å². The van der Waals surface area contributed by atoms with E-state index in [4.69, 9.17) is 9.47 Å². The molecule has 2 fully saturated rings. The first-order chi connectivity index (χ1) is 18.2. The molecule has 2 aromatic rings. The molecule has 2 atom stereocenters. The fraction of sp³-hybridized carbons (Fsp3) is 0.562. The molecule has 0 bridgehead atoms. The van der Waals surface area contributed by atoms with Gasteiger partial charge in [-0.3, -0.25) is 0 Å². The zero-order chi connectivity index (χ0) is 27.1. The standard InChI is InChI=1S/C32H44N2O4/c1-5-37-30(35)27-15-13-24(14-16-27)10-9-19-33-20-17-25(18-21-33)23-34(31(36)38-32(2,3)4)29-22-28(29)26-11-7-6-8-12-26/h6-8,11-16,25,28-29H,5,9-10,17-23H2,1-4H3. The van der Waals surface area contributed by atoms with Crippen molar-refractivity contribution >= 4 is 12.1 Å². The monoisotopic (exact) mass is 520 g/mol. The third-order valence-electron chi connectivity index (χ3n) is 7.58. The second-order valence-electron chi connectivity index (χ2n) is 11.8. The summed E-state index contributed by atoms with van der Waals surface area (Å²) in [6.07, 6.45) is 5.15. The van der Waals surface area contributed by atoms with Gasteiger partial charge in [-0.05, 0) is 109 Å². The summed E-state index contributed by atoms with van der Waals surface area (Å²) in [6.45, 7) is 12.0. The number of piperidine rings is 1. The summed E-state index contributed by atoms with van der Waals surface area (Å²) >= 11 is 0. The normalized spacial score (nSPS) is 20.1. The Morgan fingerprint density at radius 2 is 1.68 bits per heavy atom. The van der Waals surface area contributed by atoms with Crippen molar-refractivity contribution in [2.75, 3.05) is 32.8 Å². The lowest BCUT2D eigenvalue weighted by molar-refractivity contribution is 0.0171. The average Bonchev–Trinajstić information content (AvgIpc) is 3.69. The van der Waals surface area contributed by atoms with Crippen LogP contribution in [-0.2, 0) is 15.9 Å². The molecular weight excluding hydrogens is 476 g/mol. The molecule has 6 heteroatoms. The average molecular weight is 521 g/mol. The Morgan fingerprint density at radius 1 is 1.00 bits per heavy atom. The number of aryl methyl sites for hydroxylation is 1. The number of benzene rings is 2. The van der Waals surface area contributed by atoms with Crippen LogP contribution in [0.15, 0.2) is 54.6 Å². The molecule has 1 aliphatic heterocycles. The Hall–Kier alpha value is -2.86. The fourth-order valence-electron chi connectivity index (χ4n) is 5.45. The predicted octanol–water partition coefficient (Wildman–Crippen LogP) is 6.30. The molecule has 1 saturated heterocycles. The van der Waals surface area contributed by atoms with Crippen molar-refractivity contribution in [1.29, 1.82) is 0 Å². The number of amides is 1. The Bertz CT molecular complexity index is 1040. The molecule has 1 amide bonds. The summed E-state index contributed by atoms with van der Waals surface area (Å²) in [4.78, 5) is 29.6. The minimum Gasteiger partial charge on any atom is -0.462 e. The van der Waals surface area contributed by atoms with Crippen molar-refractivity contribution in [2.45, 2.75) is 77.4 Å². The molecule has 0 radical (unpaired) electrons. The van der Waals surface area contributed by atoms with Crippen LogP contribution in [0.5, 0.6) is 0 Å². The smallest absolute Gasteiger partial charge is 0.410 e. The summed E-state index contributed by atoms with van der Waals surface area (Å²) in [6, 6.07) is 18.6. The van der Waals surface area contributed by atoms with E-state index in [9.17, 15) is 9.59 Å². The Balaban J connectivity index is 1.23. The van der Waals surface area contributed by atoms with Crippen molar-refractivity contribution in [2.24, 2.45) is 5.92 Å². The zero-order valence-electron chi connectivity index (χ0n) is 23.5. The van der Waals surface area contributed by atoms with Gasteiger partial charge >= 0.3 is 12.1 Å². The van der Waals surface area contributed by atoms with Gasteiger partial charge in [0.15, 0.2) is 0 Å². The number of nitrogens with zero attached hydrogens (tertiary/aromatic N) is 2. The third kappa shape index (κ3) is 8.07. The van der Waals surface area contributed by atoms with Crippen LogP contribution >= 0.6 is 0 Å². The summed E-state index contributed by atoms with van der Waals surface area (Å²) < 4.78 is 10.9. The minimum atomic E-state index is -0.491. The second kappa shape index (κ2) is 12.8. The van der Waals surface area contributed by atoms with Crippen LogP contribution in [0.4, 0.5) is 4.79 Å². The van der Waals surface area contributed by atoms with E-state index >= 15 is 0 Å². The summed E-state index contributed by atoms with van der Waals surface area (Å²) in [5.41, 5.74) is 2.68. The van der Waals surface area contributed by atoms with Crippen molar-refractivity contribution < 1.29 is 19.1 Å². The van der Waals surface area contributed by atoms with Gasteiger partial charge in [0.2, 0.25) is 0 Å². The van der Waals surface area contributed by atoms with Crippen LogP contribution < -0.4 is 0 Å². The van der Waals surface area contributed by atoms with Crippen LogP contribution in [0.2, 0.25) is 0 Å². The van der Waals surface area contributed by atoms with Crippen molar-refractivity contribution in [3.63, 3.8) is 0 Å². The quantitative estimate of drug-likeness (QED) is 0.344. The van der Waals surface area contributed by atoms with E-state index < -0.39 is 5.60 Å². The van der Waals surface area contributed by atoms with E-state index in [1.54, 1.807) is 0 Å². The Kier molecular flexibility index (Phi) is 9.48. The van der Waals surface area contributed by atoms with Gasteiger partial charge in [0.05, 0.1) is 12.2 Å². The number of rotatable bonds is 10. The molecule has 0 aromatic heterocycles. The van der Waals surface area contributed by atoms with Crippen LogP contribution in [-0.4, -0.2) is 66.3 Å². The minimum absolute atomic E-state index is 0.169. The lowest BCUT2D eigenvalue weighted by Crippen LogP contribution is -2.44. The Labute approximate surface area is 228 Å². The van der Waals surface area contributed by atoms with E-state index in [1.807, 2.05) is 62.9 Å². The lowest BCUT2D eigenvalue weighted by Gasteiger charge is -2.36. The van der Waals surface area contributed by atoms with E-state index in [0.29, 0.717) is 24.0 Å². The van der Waals surface area contributed by atoms with Gasteiger partial charge in [-0.1, -0.05) is 42.5 Å². The molecule has 1 aliphatic carbocycles. The van der Waals surface area contributed by atoms with Crippen molar-refractivity contribution in [1.82, 2.24) is 9.80 Å². The lowest BCUT2D eigenvalue weighted by atomic mass is 9.95. The van der Waals surface area contributed by atoms with Gasteiger partial charge in [0, 0.05) is 18.5 Å². The second-order valence-corrected chi connectivity index (χ2v) is 11.8. The van der Waals surface area contributed by atoms with Crippen LogP contribution in [0.25, 0.3) is 0 Å². The highest BCUT2D eigenvalue weighted by Crippen LogP contribution is 2.45. The highest BCUT2D eigenvalue weighted by Gasteiger charge is 2.46. The number of carbonyl (C=O) groups is 2. The van der Waals surface area contributed by atoms with Crippen molar-refractivity contribution in [3.8, 4) is 0 Å². The van der Waals surface area contributed by atoms with Gasteiger partial charge in [-0.15, -0.1) is 0 Å². The van der Waals surface area contributed by atoms with E-state index in [0.717, 1.165) is 58.3 Å². The number of esters is 1. The first-order valence-electron chi connectivity index (χ1n) is 14.3. The largest absolute Gasteiger partial charge is 0.462 e. The number of hydrogen-bond acceptors (Lipinski definition) is 5. The number of likely N-dealkylation sites (tertiary alicyclic amines) is 1. The summed E-state index contributed by atoms with van der Waals surface area (Å²) in [5, 5.41) is 0. The molecular formula is C32H44N2O4. The highest BCUT2D eigenvalue weighted by molar-refractivity contribution is 5.89. The van der Waals surface area contributed by atoms with Gasteiger partial charge in [-0.2, -0.15) is 0 Å². The fourth-order valence-corrected chi connectivity index (χ4v) is 5.45. The Morgan fingerprint density at radius 3 is 2.32 bits per heavy atom. The van der Waals surface area contributed by atoms with E-state index in [2.05, 4.69) is 29.2 Å². The first kappa shape index (κ1) is 28.2. The molecule has 38 heavy (non-hydrogen) atoms. The summed E-state index contributed by atoms with van der Waals surface area (Å²) in [7, 11) is 0. The number of ether oxygens (including phenoxy) is 2. The molecule has 1 heterocycles. The van der Waals surface area contributed by atoms with Gasteiger partial charge in [0.1, 0.15) is 5.60 Å². The molecule has 1 saturated carbocycles. The molecule has 2 unspecified atom stereocenters. The SMILES string of the molecule is CCOC(=O)c1ccc(CCCN2CCC(CN(C(=O)OC(C)(C)C)C3CC3c3ccccc3)CC2)cc1. The van der Waals surface area contributed by atoms with Gasteiger partial charge in [-0.25, -0.2) is 9.59 Å². The maximum atomic E-state index is 13.2. The van der Waals surface area contributed by atoms with Gasteiger partial charge < -0.3 is 19.3 Å². The van der Waals surface area contributed by atoms with Crippen LogP contribution in [0.3, 0.4) is 0 Å². The maximum Gasteiger partial charge on any atom is 0.410 e. The zero-order valence-corrected chi connectivity index (χ0v) is 23.5. The van der Waals surface area contributed by atoms with Crippen LogP contribution in [0, 0.1) is 5.92 Å². The topological polar surface area (TPSA) is 59.1 Å². The number of carbonyl (C=O) groups excluding carboxylic acids is 2. The van der Waals surface area contributed by atoms with E-state index in [-0.39, 0.29) is 18.1 Å². The molecule has 0 spiro atoms. The number of hydrogen-bond donors (Lipinski definition) is 0. The predicted molar refractivity (Wildman–Crippen MR) is 150 cm³/mol. The molecule has 2 aromatic carbocycles. The molecule has 2 aliphatic rings. The van der Waals surface area contributed by atoms with Gasteiger partial charge in [0.25, 0.3) is 0 Å². The first-order valence-corrected chi connectivity index (χ1v) is 14.3. The maximum absolute atomic E-state index is 13.2. The molecule has 6 nitrogen and oxygen atoms in total. The molecule has 0 N–H and O–H groups in total. The molecule has 4 rings (SSSR count). The molecule has 206 valence electrons. The third-order valence-corrected chi connectivity index (χ3v) is 7.58. The summed E-state index contributed by atoms with van der Waals surface area (Å²) in [5.74, 6) is 0.658. The van der Waals surface area contributed by atoms with E-state index in [1.165, 1.54) is 11.1 Å².